The van der Waals surface area contributed by atoms with E-state index in [1.54, 1.807) is 6.07 Å². The maximum atomic E-state index is 12.1. The molecule has 0 unspecified atom stereocenters. The molecule has 2 rings (SSSR count). The third-order valence-corrected chi connectivity index (χ3v) is 3.08. The Morgan fingerprint density at radius 1 is 1.33 bits per heavy atom. The molecule has 0 amide bonds. The Balaban J connectivity index is 2.62. The van der Waals surface area contributed by atoms with Gasteiger partial charge in [-0.3, -0.25) is 4.79 Å². The first-order valence-corrected chi connectivity index (χ1v) is 6.91. The Morgan fingerprint density at radius 3 is 2.76 bits per heavy atom. The van der Waals surface area contributed by atoms with E-state index in [4.69, 9.17) is 10.00 Å². The van der Waals surface area contributed by atoms with Crippen molar-refractivity contribution in [1.29, 1.82) is 5.26 Å². The van der Waals surface area contributed by atoms with Crippen LogP contribution in [0.2, 0.25) is 0 Å². The van der Waals surface area contributed by atoms with Gasteiger partial charge >= 0.3 is 0 Å². The third-order valence-electron chi connectivity index (χ3n) is 3.08. The second-order valence-corrected chi connectivity index (χ2v) is 4.44. The zero-order valence-electron chi connectivity index (χ0n) is 12.2. The van der Waals surface area contributed by atoms with Crippen LogP contribution >= 0.6 is 0 Å². The van der Waals surface area contributed by atoms with Crippen LogP contribution in [0, 0.1) is 11.3 Å². The van der Waals surface area contributed by atoms with Crippen molar-refractivity contribution in [2.24, 2.45) is 0 Å². The summed E-state index contributed by atoms with van der Waals surface area (Å²) in [6, 6.07) is 11.2. The molecular weight excluding hydrogens is 266 g/mol. The molecule has 0 saturated heterocycles. The third kappa shape index (κ3) is 3.11. The van der Waals surface area contributed by atoms with E-state index >= 15 is 0 Å². The first kappa shape index (κ1) is 14.8. The van der Waals surface area contributed by atoms with Gasteiger partial charge < -0.3 is 4.74 Å². The van der Waals surface area contributed by atoms with Crippen molar-refractivity contribution in [2.45, 2.75) is 26.8 Å². The maximum absolute atomic E-state index is 12.1. The molecule has 21 heavy (non-hydrogen) atoms. The molecule has 5 nitrogen and oxygen atoms in total. The van der Waals surface area contributed by atoms with Gasteiger partial charge in [0.2, 0.25) is 0 Å². The predicted molar refractivity (Wildman–Crippen MR) is 80.1 cm³/mol. The fourth-order valence-electron chi connectivity index (χ4n) is 2.11. The number of nitrogens with zero attached hydrogens (tertiary/aromatic N) is 3. The van der Waals surface area contributed by atoms with E-state index in [1.165, 1.54) is 4.68 Å². The van der Waals surface area contributed by atoms with Crippen molar-refractivity contribution < 1.29 is 4.74 Å². The minimum Gasteiger partial charge on any atom is -0.493 e. The summed E-state index contributed by atoms with van der Waals surface area (Å²) in [6.45, 7) is 4.78. The van der Waals surface area contributed by atoms with Crippen molar-refractivity contribution in [3.8, 4) is 23.1 Å². The summed E-state index contributed by atoms with van der Waals surface area (Å²) in [5.74, 6) is 0.719. The van der Waals surface area contributed by atoms with Crippen molar-refractivity contribution in [2.75, 3.05) is 6.61 Å². The summed E-state index contributed by atoms with van der Waals surface area (Å²) in [6.07, 6.45) is 0.0746. The summed E-state index contributed by atoms with van der Waals surface area (Å²) < 4.78 is 6.98. The quantitative estimate of drug-likeness (QED) is 0.845. The molecule has 0 aliphatic rings. The molecule has 1 aromatic heterocycles. The van der Waals surface area contributed by atoms with Crippen molar-refractivity contribution in [3.63, 3.8) is 0 Å². The van der Waals surface area contributed by atoms with Gasteiger partial charge in [-0.25, -0.2) is 4.68 Å². The minimum atomic E-state index is -0.211. The number of nitriles is 1. The van der Waals surface area contributed by atoms with E-state index in [0.29, 0.717) is 24.4 Å². The van der Waals surface area contributed by atoms with Crippen molar-refractivity contribution in [3.05, 3.63) is 46.2 Å². The summed E-state index contributed by atoms with van der Waals surface area (Å²) in [7, 11) is 0. The van der Waals surface area contributed by atoms with Gasteiger partial charge in [0, 0.05) is 17.7 Å². The molecular formula is C16H17N3O2. The van der Waals surface area contributed by atoms with Crippen LogP contribution in [0.1, 0.15) is 19.4 Å². The summed E-state index contributed by atoms with van der Waals surface area (Å²) >= 11 is 0. The Bertz CT molecular complexity index is 729. The van der Waals surface area contributed by atoms with Gasteiger partial charge in [-0.1, -0.05) is 12.1 Å². The van der Waals surface area contributed by atoms with Gasteiger partial charge in [-0.15, -0.1) is 0 Å². The van der Waals surface area contributed by atoms with E-state index in [9.17, 15) is 4.79 Å². The van der Waals surface area contributed by atoms with Crippen LogP contribution in [0.5, 0.6) is 5.75 Å². The zero-order valence-corrected chi connectivity index (χ0v) is 12.2. The number of rotatable bonds is 5. The maximum Gasteiger partial charge on any atom is 0.271 e. The molecule has 0 aliphatic heterocycles. The molecule has 0 spiro atoms. The van der Waals surface area contributed by atoms with Crippen molar-refractivity contribution in [1.82, 2.24) is 9.78 Å². The van der Waals surface area contributed by atoms with E-state index in [2.05, 4.69) is 5.10 Å². The molecule has 0 saturated carbocycles. The highest BCUT2D eigenvalue weighted by Crippen LogP contribution is 2.28. The highest BCUT2D eigenvalue weighted by molar-refractivity contribution is 5.67. The number of para-hydroxylation sites is 1. The number of aromatic nitrogens is 2. The van der Waals surface area contributed by atoms with E-state index in [0.717, 1.165) is 11.3 Å². The van der Waals surface area contributed by atoms with Crippen LogP contribution in [0.4, 0.5) is 0 Å². The second kappa shape index (κ2) is 6.71. The molecule has 2 aromatic rings. The smallest absolute Gasteiger partial charge is 0.271 e. The number of hydrogen-bond acceptors (Lipinski definition) is 4. The SMILES string of the molecule is CCOc1ccccc1-c1cc(CC#N)c(=O)n(CC)n1. The topological polar surface area (TPSA) is 67.9 Å². The highest BCUT2D eigenvalue weighted by atomic mass is 16.5. The predicted octanol–water partition coefficient (Wildman–Crippen LogP) is 2.39. The number of benzene rings is 1. The van der Waals surface area contributed by atoms with Gasteiger partial charge in [0.25, 0.3) is 5.56 Å². The summed E-state index contributed by atoms with van der Waals surface area (Å²) in [5.41, 5.74) is 1.71. The summed E-state index contributed by atoms with van der Waals surface area (Å²) in [5, 5.41) is 13.2. The first-order chi connectivity index (χ1) is 10.2. The molecule has 0 N–H and O–H groups in total. The molecule has 0 radical (unpaired) electrons. The van der Waals surface area contributed by atoms with Crippen molar-refractivity contribution >= 4 is 0 Å². The lowest BCUT2D eigenvalue weighted by Gasteiger charge is -2.12. The normalized spacial score (nSPS) is 10.1. The molecule has 0 fully saturated rings. The fraction of sp³-hybridized carbons (Fsp3) is 0.312. The number of aryl methyl sites for hydroxylation is 1. The van der Waals surface area contributed by atoms with Crippen LogP contribution in [-0.4, -0.2) is 16.4 Å². The lowest BCUT2D eigenvalue weighted by atomic mass is 10.1. The monoisotopic (exact) mass is 283 g/mol. The average Bonchev–Trinajstić information content (AvgIpc) is 2.50. The Hall–Kier alpha value is -2.61. The second-order valence-electron chi connectivity index (χ2n) is 4.44. The van der Waals surface area contributed by atoms with Gasteiger partial charge in [-0.05, 0) is 32.0 Å². The van der Waals surface area contributed by atoms with Gasteiger partial charge in [-0.2, -0.15) is 10.4 Å². The molecule has 0 aliphatic carbocycles. The standard InChI is InChI=1S/C16H17N3O2/c1-3-19-16(20)12(9-10-17)11-14(18-19)13-7-5-6-8-15(13)21-4-2/h5-8,11H,3-4,9H2,1-2H3. The van der Waals surface area contributed by atoms with Gasteiger partial charge in [0.15, 0.2) is 0 Å². The molecule has 0 atom stereocenters. The lowest BCUT2D eigenvalue weighted by molar-refractivity contribution is 0.341. The Labute approximate surface area is 123 Å². The van der Waals surface area contributed by atoms with E-state index < -0.39 is 0 Å². The van der Waals surface area contributed by atoms with Crippen LogP contribution in [0.15, 0.2) is 35.1 Å². The van der Waals surface area contributed by atoms with Crippen LogP contribution in [0.3, 0.4) is 0 Å². The average molecular weight is 283 g/mol. The first-order valence-electron chi connectivity index (χ1n) is 6.91. The van der Waals surface area contributed by atoms with Gasteiger partial charge in [0.1, 0.15) is 5.75 Å². The van der Waals surface area contributed by atoms with Gasteiger partial charge in [0.05, 0.1) is 24.8 Å². The molecule has 0 bridgehead atoms. The van der Waals surface area contributed by atoms with Crippen LogP contribution < -0.4 is 10.3 Å². The van der Waals surface area contributed by atoms with E-state index in [-0.39, 0.29) is 12.0 Å². The Kier molecular flexibility index (Phi) is 4.72. The Morgan fingerprint density at radius 2 is 2.10 bits per heavy atom. The van der Waals surface area contributed by atoms with Crippen LogP contribution in [0.25, 0.3) is 11.3 Å². The lowest BCUT2D eigenvalue weighted by Crippen LogP contribution is -2.25. The van der Waals surface area contributed by atoms with E-state index in [1.807, 2.05) is 44.2 Å². The number of ether oxygens (including phenoxy) is 1. The molecule has 108 valence electrons. The van der Waals surface area contributed by atoms with Crippen LogP contribution in [-0.2, 0) is 13.0 Å². The molecule has 5 heteroatoms. The molecule has 1 aromatic carbocycles. The number of hydrogen-bond donors (Lipinski definition) is 0. The zero-order chi connectivity index (χ0) is 15.2. The minimum absolute atomic E-state index is 0.0746. The largest absolute Gasteiger partial charge is 0.493 e. The summed E-state index contributed by atoms with van der Waals surface area (Å²) in [4.78, 5) is 12.1. The highest BCUT2D eigenvalue weighted by Gasteiger charge is 2.12. The fourth-order valence-corrected chi connectivity index (χ4v) is 2.11. The molecule has 1 heterocycles.